The molecule has 0 saturated heterocycles. The Labute approximate surface area is 158 Å². The van der Waals surface area contributed by atoms with E-state index in [9.17, 15) is 9.59 Å². The lowest BCUT2D eigenvalue weighted by molar-refractivity contribution is 0.0602. The number of esters is 1. The van der Waals surface area contributed by atoms with Gasteiger partial charge in [0.2, 0.25) is 0 Å². The van der Waals surface area contributed by atoms with Crippen LogP contribution in [0, 0.1) is 13.8 Å². The van der Waals surface area contributed by atoms with Crippen molar-refractivity contribution in [2.75, 3.05) is 7.11 Å². The van der Waals surface area contributed by atoms with Gasteiger partial charge in [0.05, 0.1) is 18.2 Å². The fourth-order valence-electron chi connectivity index (χ4n) is 3.09. The molecule has 1 heterocycles. The number of hydrogen-bond donors (Lipinski definition) is 0. The van der Waals surface area contributed by atoms with Crippen molar-refractivity contribution in [1.82, 2.24) is 4.57 Å². The number of ether oxygens (including phenoxy) is 2. The molecule has 0 radical (unpaired) electrons. The molecule has 0 aliphatic heterocycles. The van der Waals surface area contributed by atoms with E-state index in [0.717, 1.165) is 11.1 Å². The molecule has 0 saturated carbocycles. The van der Waals surface area contributed by atoms with Crippen molar-refractivity contribution in [2.24, 2.45) is 0 Å². The smallest absolute Gasteiger partial charge is 0.340 e. The molecule has 0 aliphatic carbocycles. The molecule has 1 aromatic heterocycles. The molecule has 0 fully saturated rings. The molecule has 1 unspecified atom stereocenters. The largest absolute Gasteiger partial charge is 0.480 e. The first-order valence-electron chi connectivity index (χ1n) is 8.92. The Hall–Kier alpha value is -3.08. The highest BCUT2D eigenvalue weighted by Crippen LogP contribution is 2.25. The van der Waals surface area contributed by atoms with Crippen LogP contribution < -0.4 is 4.74 Å². The monoisotopic (exact) mass is 365 g/mol. The summed E-state index contributed by atoms with van der Waals surface area (Å²) in [5, 5.41) is 0.680. The lowest BCUT2D eigenvalue weighted by Gasteiger charge is -2.19. The SMILES string of the molecule is CCC(Oc1cc(C)ccc1C)C(=O)n1cc(C(=O)OC)c2ccccc21. The van der Waals surface area contributed by atoms with E-state index in [2.05, 4.69) is 0 Å². The van der Waals surface area contributed by atoms with E-state index in [1.165, 1.54) is 17.9 Å². The van der Waals surface area contributed by atoms with E-state index >= 15 is 0 Å². The number of nitrogens with zero attached hydrogens (tertiary/aromatic N) is 1. The molecule has 0 N–H and O–H groups in total. The second-order valence-corrected chi connectivity index (χ2v) is 6.54. The second-order valence-electron chi connectivity index (χ2n) is 6.54. The minimum absolute atomic E-state index is 0.218. The third-order valence-electron chi connectivity index (χ3n) is 4.61. The summed E-state index contributed by atoms with van der Waals surface area (Å²) in [5.41, 5.74) is 3.06. The van der Waals surface area contributed by atoms with E-state index in [4.69, 9.17) is 9.47 Å². The van der Waals surface area contributed by atoms with Crippen LogP contribution in [-0.4, -0.2) is 29.7 Å². The van der Waals surface area contributed by atoms with Gasteiger partial charge in [0.1, 0.15) is 5.75 Å². The Balaban J connectivity index is 2.01. The topological polar surface area (TPSA) is 57.5 Å². The summed E-state index contributed by atoms with van der Waals surface area (Å²) in [5.74, 6) is 0.00542. The van der Waals surface area contributed by atoms with Gasteiger partial charge in [-0.05, 0) is 43.5 Å². The molecule has 3 rings (SSSR count). The summed E-state index contributed by atoms with van der Waals surface area (Å²) < 4.78 is 12.4. The molecule has 0 aliphatic rings. The molecule has 3 aromatic rings. The first-order chi connectivity index (χ1) is 13.0. The van der Waals surface area contributed by atoms with Crippen molar-refractivity contribution >= 4 is 22.8 Å². The highest BCUT2D eigenvalue weighted by atomic mass is 16.5. The third-order valence-corrected chi connectivity index (χ3v) is 4.61. The molecule has 2 aromatic carbocycles. The first-order valence-corrected chi connectivity index (χ1v) is 8.92. The van der Waals surface area contributed by atoms with Crippen molar-refractivity contribution in [3.63, 3.8) is 0 Å². The van der Waals surface area contributed by atoms with Crippen molar-refractivity contribution in [2.45, 2.75) is 33.3 Å². The number of para-hydroxylation sites is 1. The normalized spacial score (nSPS) is 12.0. The van der Waals surface area contributed by atoms with Crippen molar-refractivity contribution < 1.29 is 19.1 Å². The molecule has 27 heavy (non-hydrogen) atoms. The fraction of sp³-hybridized carbons (Fsp3) is 0.273. The summed E-state index contributed by atoms with van der Waals surface area (Å²) in [4.78, 5) is 25.3. The van der Waals surface area contributed by atoms with Gasteiger partial charge in [-0.1, -0.05) is 37.3 Å². The molecule has 5 nitrogen and oxygen atoms in total. The van der Waals surface area contributed by atoms with Gasteiger partial charge in [-0.15, -0.1) is 0 Å². The number of fused-ring (bicyclic) bond motifs is 1. The van der Waals surface area contributed by atoms with Crippen molar-refractivity contribution in [3.05, 3.63) is 65.4 Å². The lowest BCUT2D eigenvalue weighted by Crippen LogP contribution is -2.31. The average molecular weight is 365 g/mol. The first kappa shape index (κ1) is 18.7. The number of aromatic nitrogens is 1. The molecule has 0 bridgehead atoms. The van der Waals surface area contributed by atoms with Crippen LogP contribution in [-0.2, 0) is 4.74 Å². The Kier molecular flexibility index (Phi) is 5.31. The Morgan fingerprint density at radius 1 is 1.11 bits per heavy atom. The van der Waals surface area contributed by atoms with Gasteiger partial charge in [-0.3, -0.25) is 9.36 Å². The average Bonchev–Trinajstić information content (AvgIpc) is 3.07. The summed E-state index contributed by atoms with van der Waals surface area (Å²) >= 11 is 0. The Morgan fingerprint density at radius 3 is 2.56 bits per heavy atom. The number of carbonyl (C=O) groups excluding carboxylic acids is 2. The number of methoxy groups -OCH3 is 1. The number of carbonyl (C=O) groups is 2. The molecule has 0 spiro atoms. The number of rotatable bonds is 5. The minimum Gasteiger partial charge on any atom is -0.480 e. The van der Waals surface area contributed by atoms with Crippen LogP contribution in [0.5, 0.6) is 5.75 Å². The minimum atomic E-state index is -0.660. The zero-order chi connectivity index (χ0) is 19.6. The van der Waals surface area contributed by atoms with Crippen LogP contribution in [0.1, 0.15) is 39.6 Å². The van der Waals surface area contributed by atoms with Crippen LogP contribution in [0.2, 0.25) is 0 Å². The van der Waals surface area contributed by atoms with Gasteiger partial charge in [-0.25, -0.2) is 4.79 Å². The van der Waals surface area contributed by atoms with Gasteiger partial charge in [0, 0.05) is 11.6 Å². The van der Waals surface area contributed by atoms with E-state index in [1.54, 1.807) is 6.07 Å². The zero-order valence-electron chi connectivity index (χ0n) is 16.0. The highest BCUT2D eigenvalue weighted by Gasteiger charge is 2.25. The number of aryl methyl sites for hydroxylation is 2. The highest BCUT2D eigenvalue weighted by molar-refractivity contribution is 6.07. The quantitative estimate of drug-likeness (QED) is 0.623. The maximum atomic E-state index is 13.2. The van der Waals surface area contributed by atoms with Crippen LogP contribution in [0.25, 0.3) is 10.9 Å². The predicted molar refractivity (Wildman–Crippen MR) is 105 cm³/mol. The van der Waals surface area contributed by atoms with Gasteiger partial charge in [-0.2, -0.15) is 0 Å². The van der Waals surface area contributed by atoms with Gasteiger partial charge >= 0.3 is 5.97 Å². The van der Waals surface area contributed by atoms with Crippen molar-refractivity contribution in [3.8, 4) is 5.75 Å². The van der Waals surface area contributed by atoms with Gasteiger partial charge < -0.3 is 9.47 Å². The molecule has 140 valence electrons. The number of benzene rings is 2. The predicted octanol–water partition coefficient (Wildman–Crippen LogP) is 4.54. The maximum absolute atomic E-state index is 13.2. The molecular weight excluding hydrogens is 342 g/mol. The molecule has 0 amide bonds. The third kappa shape index (κ3) is 3.58. The zero-order valence-corrected chi connectivity index (χ0v) is 16.0. The van der Waals surface area contributed by atoms with Crippen LogP contribution in [0.4, 0.5) is 0 Å². The summed E-state index contributed by atoms with van der Waals surface area (Å²) in [7, 11) is 1.33. The summed E-state index contributed by atoms with van der Waals surface area (Å²) in [6.07, 6.45) is 1.38. The molecule has 1 atom stereocenters. The van der Waals surface area contributed by atoms with Crippen LogP contribution in [0.3, 0.4) is 0 Å². The Morgan fingerprint density at radius 2 is 1.85 bits per heavy atom. The summed E-state index contributed by atoms with van der Waals surface area (Å²) in [6.45, 7) is 5.84. The van der Waals surface area contributed by atoms with E-state index < -0.39 is 12.1 Å². The van der Waals surface area contributed by atoms with Crippen LogP contribution >= 0.6 is 0 Å². The molecule has 5 heteroatoms. The standard InChI is InChI=1S/C22H23NO4/c1-5-19(27-20-12-14(2)10-11-15(20)3)21(24)23-13-17(22(25)26-4)16-8-6-7-9-18(16)23/h6-13,19H,5H2,1-4H3. The van der Waals surface area contributed by atoms with E-state index in [-0.39, 0.29) is 5.91 Å². The van der Waals surface area contributed by atoms with Gasteiger partial charge in [0.25, 0.3) is 5.91 Å². The Bertz CT molecular complexity index is 1000. The van der Waals surface area contributed by atoms with E-state index in [1.807, 2.05) is 57.2 Å². The molecular formula is C22H23NO4. The second kappa shape index (κ2) is 7.66. The van der Waals surface area contributed by atoms with E-state index in [0.29, 0.717) is 28.6 Å². The van der Waals surface area contributed by atoms with Gasteiger partial charge in [0.15, 0.2) is 6.10 Å². The van der Waals surface area contributed by atoms with Crippen LogP contribution in [0.15, 0.2) is 48.7 Å². The summed E-state index contributed by atoms with van der Waals surface area (Å²) in [6, 6.07) is 13.2. The maximum Gasteiger partial charge on any atom is 0.340 e. The lowest BCUT2D eigenvalue weighted by atomic mass is 10.1. The van der Waals surface area contributed by atoms with Crippen molar-refractivity contribution in [1.29, 1.82) is 0 Å². The number of hydrogen-bond acceptors (Lipinski definition) is 4. The fourth-order valence-corrected chi connectivity index (χ4v) is 3.09.